The van der Waals surface area contributed by atoms with Gasteiger partial charge in [0.2, 0.25) is 0 Å². The Balaban J connectivity index is 3.53. The molecule has 0 rings (SSSR count). The Morgan fingerprint density at radius 3 is 2.07 bits per heavy atom. The van der Waals surface area contributed by atoms with Gasteiger partial charge in [0.05, 0.1) is 6.67 Å². The Morgan fingerprint density at radius 1 is 0.867 bits per heavy atom. The Kier molecular flexibility index (Phi) is 10.2. The van der Waals surface area contributed by atoms with Crippen LogP contribution in [0, 0.1) is 5.92 Å². The monoisotopic (exact) mass is 221 g/mol. The van der Waals surface area contributed by atoms with E-state index in [2.05, 4.69) is 18.7 Å². The summed E-state index contributed by atoms with van der Waals surface area (Å²) in [5, 5.41) is 0. The summed E-state index contributed by atoms with van der Waals surface area (Å²) in [5.74, 6) is 0.711. The van der Waals surface area contributed by atoms with Crippen molar-refractivity contribution >= 4 is 0 Å². The molecule has 0 atom stereocenters. The van der Waals surface area contributed by atoms with Gasteiger partial charge in [-0.25, -0.2) is 4.39 Å². The summed E-state index contributed by atoms with van der Waals surface area (Å²) in [7, 11) is 0. The third kappa shape index (κ3) is 10.1. The predicted molar refractivity (Wildman–Crippen MR) is 61.7 cm³/mol. The summed E-state index contributed by atoms with van der Waals surface area (Å²) in [4.78, 5) is 2.11. The third-order valence-electron chi connectivity index (χ3n) is 2.51. The van der Waals surface area contributed by atoms with E-state index in [1.54, 1.807) is 0 Å². The first kappa shape index (κ1) is 14.8. The molecular weight excluding hydrogens is 196 g/mol. The van der Waals surface area contributed by atoms with E-state index in [1.165, 1.54) is 6.42 Å². The largest absolute Gasteiger partial charge is 0.301 e. The number of hydrogen-bond donors (Lipinski definition) is 0. The molecule has 0 radical (unpaired) electrons. The van der Waals surface area contributed by atoms with Crippen LogP contribution in [0.1, 0.15) is 39.5 Å². The molecule has 0 aromatic rings. The smallest absolute Gasteiger partial charge is 0.102 e. The van der Waals surface area contributed by atoms with Gasteiger partial charge >= 0.3 is 0 Å². The highest BCUT2D eigenvalue weighted by Crippen LogP contribution is 2.06. The molecule has 0 aromatic heterocycles. The Morgan fingerprint density at radius 2 is 1.53 bits per heavy atom. The molecule has 0 amide bonds. The number of halogens is 2. The maximum atomic E-state index is 12.2. The van der Waals surface area contributed by atoms with Crippen molar-refractivity contribution in [2.24, 2.45) is 5.92 Å². The molecule has 92 valence electrons. The van der Waals surface area contributed by atoms with Crippen LogP contribution >= 0.6 is 0 Å². The molecule has 0 unspecified atom stereocenters. The number of unbranched alkanes of at least 4 members (excludes halogenated alkanes) is 1. The minimum atomic E-state index is -0.294. The van der Waals surface area contributed by atoms with Crippen molar-refractivity contribution in [3.05, 3.63) is 0 Å². The molecule has 0 saturated heterocycles. The van der Waals surface area contributed by atoms with Gasteiger partial charge in [0.1, 0.15) is 6.67 Å². The lowest BCUT2D eigenvalue weighted by atomic mass is 10.1. The maximum Gasteiger partial charge on any atom is 0.102 e. The van der Waals surface area contributed by atoms with Gasteiger partial charge in [-0.15, -0.1) is 0 Å². The molecule has 0 aliphatic heterocycles. The molecule has 15 heavy (non-hydrogen) atoms. The fourth-order valence-corrected chi connectivity index (χ4v) is 1.61. The number of hydrogen-bond acceptors (Lipinski definition) is 1. The van der Waals surface area contributed by atoms with Gasteiger partial charge in [-0.05, 0) is 44.7 Å². The summed E-state index contributed by atoms with van der Waals surface area (Å²) in [6.07, 6.45) is 3.75. The van der Waals surface area contributed by atoms with Crippen molar-refractivity contribution in [2.75, 3.05) is 33.0 Å². The van der Waals surface area contributed by atoms with Crippen LogP contribution in [-0.4, -0.2) is 37.9 Å². The fourth-order valence-electron chi connectivity index (χ4n) is 1.61. The average Bonchev–Trinajstić information content (AvgIpc) is 2.17. The molecule has 3 heteroatoms. The van der Waals surface area contributed by atoms with Crippen LogP contribution in [0.5, 0.6) is 0 Å². The molecule has 1 nitrogen and oxygen atoms in total. The van der Waals surface area contributed by atoms with Gasteiger partial charge in [0.15, 0.2) is 0 Å². The van der Waals surface area contributed by atoms with E-state index >= 15 is 0 Å². The third-order valence-corrected chi connectivity index (χ3v) is 2.51. The van der Waals surface area contributed by atoms with E-state index in [0.29, 0.717) is 18.9 Å². The fraction of sp³-hybridized carbons (Fsp3) is 1.00. The van der Waals surface area contributed by atoms with E-state index in [-0.39, 0.29) is 13.3 Å². The van der Waals surface area contributed by atoms with Gasteiger partial charge in [-0.1, -0.05) is 13.8 Å². The van der Waals surface area contributed by atoms with Crippen LogP contribution in [-0.2, 0) is 0 Å². The molecule has 0 bridgehead atoms. The first-order valence-electron chi connectivity index (χ1n) is 6.05. The molecule has 0 aliphatic carbocycles. The van der Waals surface area contributed by atoms with Crippen LogP contribution < -0.4 is 0 Å². The normalized spacial score (nSPS) is 11.6. The van der Waals surface area contributed by atoms with Gasteiger partial charge in [-0.2, -0.15) is 0 Å². The summed E-state index contributed by atoms with van der Waals surface area (Å²) >= 11 is 0. The highest BCUT2D eigenvalue weighted by atomic mass is 19.1. The van der Waals surface area contributed by atoms with Gasteiger partial charge in [0.25, 0.3) is 0 Å². The van der Waals surface area contributed by atoms with E-state index in [1.807, 2.05) is 0 Å². The second kappa shape index (κ2) is 10.3. The predicted octanol–water partition coefficient (Wildman–Crippen LogP) is 3.44. The van der Waals surface area contributed by atoms with E-state index in [9.17, 15) is 8.78 Å². The number of rotatable bonds is 10. The van der Waals surface area contributed by atoms with Crippen molar-refractivity contribution < 1.29 is 8.78 Å². The van der Waals surface area contributed by atoms with Crippen LogP contribution in [0.2, 0.25) is 0 Å². The Bertz CT molecular complexity index is 129. The van der Waals surface area contributed by atoms with E-state index in [4.69, 9.17) is 0 Å². The van der Waals surface area contributed by atoms with E-state index in [0.717, 1.165) is 25.9 Å². The van der Waals surface area contributed by atoms with Gasteiger partial charge in [-0.3, -0.25) is 4.39 Å². The average molecular weight is 221 g/mol. The van der Waals surface area contributed by atoms with Crippen molar-refractivity contribution in [2.45, 2.75) is 39.5 Å². The number of alkyl halides is 2. The van der Waals surface area contributed by atoms with Gasteiger partial charge < -0.3 is 4.90 Å². The van der Waals surface area contributed by atoms with Crippen molar-refractivity contribution in [1.29, 1.82) is 0 Å². The first-order valence-corrected chi connectivity index (χ1v) is 6.05. The quantitative estimate of drug-likeness (QED) is 0.511. The molecule has 0 saturated carbocycles. The van der Waals surface area contributed by atoms with Crippen LogP contribution in [0.3, 0.4) is 0 Å². The Labute approximate surface area is 92.8 Å². The molecule has 0 heterocycles. The molecule has 0 fully saturated rings. The second-order valence-electron chi connectivity index (χ2n) is 4.46. The molecule has 0 N–H and O–H groups in total. The lowest BCUT2D eigenvalue weighted by molar-refractivity contribution is 0.233. The van der Waals surface area contributed by atoms with Crippen molar-refractivity contribution in [3.63, 3.8) is 0 Å². The van der Waals surface area contributed by atoms with Gasteiger partial charge in [0, 0.05) is 6.54 Å². The molecular formula is C12H25F2N. The molecule has 0 spiro atoms. The standard InChI is InChI=1S/C12H25F2N/c1-12(2)6-5-10-15(11-8-14)9-4-3-7-13/h12H,3-11H2,1-2H3. The lowest BCUT2D eigenvalue weighted by Gasteiger charge is -2.20. The summed E-state index contributed by atoms with van der Waals surface area (Å²) in [6.45, 7) is 6.14. The lowest BCUT2D eigenvalue weighted by Crippen LogP contribution is -2.28. The zero-order valence-corrected chi connectivity index (χ0v) is 10.1. The van der Waals surface area contributed by atoms with Crippen LogP contribution in [0.25, 0.3) is 0 Å². The molecule has 0 aromatic carbocycles. The molecule has 0 aliphatic rings. The van der Waals surface area contributed by atoms with Crippen molar-refractivity contribution in [1.82, 2.24) is 4.90 Å². The minimum absolute atomic E-state index is 0.255. The highest BCUT2D eigenvalue weighted by molar-refractivity contribution is 4.59. The summed E-state index contributed by atoms with van der Waals surface area (Å²) < 4.78 is 24.1. The van der Waals surface area contributed by atoms with E-state index < -0.39 is 0 Å². The van der Waals surface area contributed by atoms with Crippen molar-refractivity contribution in [3.8, 4) is 0 Å². The minimum Gasteiger partial charge on any atom is -0.301 e. The summed E-state index contributed by atoms with van der Waals surface area (Å²) in [6, 6.07) is 0. The SMILES string of the molecule is CC(C)CCCN(CCF)CCCCF. The topological polar surface area (TPSA) is 3.24 Å². The van der Waals surface area contributed by atoms with Crippen LogP contribution in [0.15, 0.2) is 0 Å². The zero-order valence-electron chi connectivity index (χ0n) is 10.1. The maximum absolute atomic E-state index is 12.2. The second-order valence-corrected chi connectivity index (χ2v) is 4.46. The highest BCUT2D eigenvalue weighted by Gasteiger charge is 2.04. The van der Waals surface area contributed by atoms with Crippen LogP contribution in [0.4, 0.5) is 8.78 Å². The zero-order chi connectivity index (χ0) is 11.5. The first-order chi connectivity index (χ1) is 7.20. The Hall–Kier alpha value is -0.180. The number of nitrogens with zero attached hydrogens (tertiary/aromatic N) is 1. The summed E-state index contributed by atoms with van der Waals surface area (Å²) in [5.41, 5.74) is 0.